The van der Waals surface area contributed by atoms with Crippen molar-refractivity contribution in [3.05, 3.63) is 200 Å². The first-order valence-corrected chi connectivity index (χ1v) is 19.4. The molecule has 266 valence electrons. The lowest BCUT2D eigenvalue weighted by Crippen LogP contribution is -2.10. The van der Waals surface area contributed by atoms with Crippen LogP contribution in [0.2, 0.25) is 0 Å². The van der Waals surface area contributed by atoms with Gasteiger partial charge in [0.2, 0.25) is 0 Å². The Hall–Kier alpha value is -7.62. The van der Waals surface area contributed by atoms with Crippen molar-refractivity contribution in [3.63, 3.8) is 0 Å². The lowest BCUT2D eigenvalue weighted by molar-refractivity contribution is 0.669. The summed E-state index contributed by atoms with van der Waals surface area (Å²) in [5.41, 5.74) is 11.4. The van der Waals surface area contributed by atoms with Crippen molar-refractivity contribution in [3.8, 4) is 22.3 Å². The van der Waals surface area contributed by atoms with E-state index in [1.807, 2.05) is 18.2 Å². The summed E-state index contributed by atoms with van der Waals surface area (Å²) in [5, 5.41) is 11.8. The molecule has 0 bridgehead atoms. The fourth-order valence-corrected chi connectivity index (χ4v) is 9.10. The van der Waals surface area contributed by atoms with Crippen molar-refractivity contribution in [1.29, 1.82) is 0 Å². The number of fused-ring (bicyclic) bond motifs is 13. The number of hydrogen-bond acceptors (Lipinski definition) is 3. The zero-order valence-electron chi connectivity index (χ0n) is 30.8. The second-order valence-corrected chi connectivity index (χ2v) is 14.8. The fraction of sp³-hybridized carbons (Fsp3) is 0. The lowest BCUT2D eigenvalue weighted by Gasteiger charge is -2.28. The molecule has 2 aromatic heterocycles. The summed E-state index contributed by atoms with van der Waals surface area (Å²) in [4.78, 5) is 2.41. The number of para-hydroxylation sites is 3. The minimum atomic E-state index is 0.902. The molecule has 57 heavy (non-hydrogen) atoms. The predicted molar refractivity (Wildman–Crippen MR) is 239 cm³/mol. The standard InChI is InChI=1S/C54H33NO2/c1-2-12-34(13-3-1)35-24-28-37(29-25-35)55(38-30-26-36(27-31-38)39-18-10-20-45-40-14-6-8-22-48(40)57-54(39)45)47-21-11-19-42-44-32-33-50-53(46-17-7-9-23-49(46)56-50)52(44)43-16-5-4-15-41(43)51(42)47/h1-33H. The number of rotatable bonds is 5. The molecule has 12 aromatic rings. The van der Waals surface area contributed by atoms with Crippen LogP contribution in [-0.2, 0) is 0 Å². The van der Waals surface area contributed by atoms with Gasteiger partial charge in [-0.2, -0.15) is 0 Å². The van der Waals surface area contributed by atoms with Gasteiger partial charge in [-0.25, -0.2) is 0 Å². The van der Waals surface area contributed by atoms with E-state index >= 15 is 0 Å². The maximum Gasteiger partial charge on any atom is 0.143 e. The molecule has 10 aromatic carbocycles. The van der Waals surface area contributed by atoms with Crippen molar-refractivity contribution >= 4 is 93.3 Å². The maximum atomic E-state index is 6.46. The quantitative estimate of drug-likeness (QED) is 0.165. The van der Waals surface area contributed by atoms with Crippen LogP contribution in [0.15, 0.2) is 209 Å². The molecule has 0 amide bonds. The first-order chi connectivity index (χ1) is 28.3. The van der Waals surface area contributed by atoms with Crippen molar-refractivity contribution in [2.45, 2.75) is 0 Å². The van der Waals surface area contributed by atoms with E-state index < -0.39 is 0 Å². The van der Waals surface area contributed by atoms with Crippen molar-refractivity contribution in [2.24, 2.45) is 0 Å². The van der Waals surface area contributed by atoms with Crippen LogP contribution in [-0.4, -0.2) is 0 Å². The van der Waals surface area contributed by atoms with Crippen LogP contribution in [0, 0.1) is 0 Å². The Bertz CT molecular complexity index is 3470. The summed E-state index contributed by atoms with van der Waals surface area (Å²) in [6.45, 7) is 0. The number of benzene rings is 10. The first-order valence-electron chi connectivity index (χ1n) is 19.4. The van der Waals surface area contributed by atoms with Gasteiger partial charge in [0.1, 0.15) is 22.3 Å². The zero-order valence-corrected chi connectivity index (χ0v) is 30.8. The fourth-order valence-electron chi connectivity index (χ4n) is 9.10. The molecule has 0 saturated carbocycles. The van der Waals surface area contributed by atoms with Crippen LogP contribution in [0.5, 0.6) is 0 Å². The van der Waals surface area contributed by atoms with E-state index in [0.29, 0.717) is 0 Å². The molecule has 12 rings (SSSR count). The average molecular weight is 728 g/mol. The molecular weight excluding hydrogens is 695 g/mol. The molecule has 0 aliphatic carbocycles. The molecule has 0 N–H and O–H groups in total. The van der Waals surface area contributed by atoms with Crippen molar-refractivity contribution in [1.82, 2.24) is 0 Å². The third kappa shape index (κ3) is 4.86. The van der Waals surface area contributed by atoms with E-state index in [2.05, 4.69) is 187 Å². The van der Waals surface area contributed by atoms with Crippen molar-refractivity contribution < 1.29 is 8.83 Å². The largest absolute Gasteiger partial charge is 0.456 e. The Morgan fingerprint density at radius 1 is 0.281 bits per heavy atom. The van der Waals surface area contributed by atoms with Crippen LogP contribution in [0.3, 0.4) is 0 Å². The normalized spacial score (nSPS) is 11.9. The summed E-state index contributed by atoms with van der Waals surface area (Å²) in [6, 6.07) is 71.5. The molecule has 3 nitrogen and oxygen atoms in total. The second-order valence-electron chi connectivity index (χ2n) is 14.8. The summed E-state index contributed by atoms with van der Waals surface area (Å²) in [6.07, 6.45) is 0. The van der Waals surface area contributed by atoms with Gasteiger partial charge in [0.15, 0.2) is 0 Å². The highest BCUT2D eigenvalue weighted by atomic mass is 16.3. The van der Waals surface area contributed by atoms with E-state index in [1.165, 1.54) is 43.4 Å². The van der Waals surface area contributed by atoms with Gasteiger partial charge in [-0.05, 0) is 92.8 Å². The van der Waals surface area contributed by atoms with Gasteiger partial charge < -0.3 is 13.7 Å². The SMILES string of the molecule is c1ccc(-c2ccc(N(c3ccc(-c4cccc5c4oc4ccccc45)cc3)c3cccc4c5ccc6oc7ccccc7c6c5c5ccccc5c34)cc2)cc1. The van der Waals surface area contributed by atoms with Gasteiger partial charge in [0, 0.05) is 49.3 Å². The number of anilines is 3. The Morgan fingerprint density at radius 2 is 0.807 bits per heavy atom. The van der Waals surface area contributed by atoms with E-state index in [0.717, 1.165) is 72.1 Å². The first kappa shape index (κ1) is 31.7. The second kappa shape index (κ2) is 12.5. The van der Waals surface area contributed by atoms with E-state index in [9.17, 15) is 0 Å². The Kier molecular flexibility index (Phi) is 6.93. The number of hydrogen-bond donors (Lipinski definition) is 0. The zero-order chi connectivity index (χ0) is 37.5. The minimum Gasteiger partial charge on any atom is -0.456 e. The molecule has 0 aliphatic rings. The highest BCUT2D eigenvalue weighted by Gasteiger charge is 2.22. The highest BCUT2D eigenvalue weighted by Crippen LogP contribution is 2.48. The molecule has 0 fully saturated rings. The van der Waals surface area contributed by atoms with E-state index in [4.69, 9.17) is 8.83 Å². The minimum absolute atomic E-state index is 0.902. The van der Waals surface area contributed by atoms with Gasteiger partial charge in [0.25, 0.3) is 0 Å². The lowest BCUT2D eigenvalue weighted by atomic mass is 9.90. The van der Waals surface area contributed by atoms with Crippen LogP contribution < -0.4 is 4.90 Å². The van der Waals surface area contributed by atoms with Crippen LogP contribution in [0.25, 0.3) is 98.4 Å². The van der Waals surface area contributed by atoms with Gasteiger partial charge in [0.05, 0.1) is 5.69 Å². The topological polar surface area (TPSA) is 29.5 Å². The third-order valence-electron chi connectivity index (χ3n) is 11.7. The van der Waals surface area contributed by atoms with Crippen LogP contribution in [0.1, 0.15) is 0 Å². The monoisotopic (exact) mass is 727 g/mol. The average Bonchev–Trinajstić information content (AvgIpc) is 3.86. The van der Waals surface area contributed by atoms with Gasteiger partial charge in [-0.15, -0.1) is 0 Å². The molecule has 3 heteroatoms. The summed E-state index contributed by atoms with van der Waals surface area (Å²) >= 11 is 0. The molecule has 2 heterocycles. The molecule has 0 unspecified atom stereocenters. The van der Waals surface area contributed by atoms with Gasteiger partial charge in [-0.3, -0.25) is 0 Å². The molecule has 0 aliphatic heterocycles. The van der Waals surface area contributed by atoms with Crippen LogP contribution in [0.4, 0.5) is 17.1 Å². The van der Waals surface area contributed by atoms with Crippen LogP contribution >= 0.6 is 0 Å². The summed E-state index contributed by atoms with van der Waals surface area (Å²) in [7, 11) is 0. The van der Waals surface area contributed by atoms with Gasteiger partial charge >= 0.3 is 0 Å². The summed E-state index contributed by atoms with van der Waals surface area (Å²) < 4.78 is 12.9. The van der Waals surface area contributed by atoms with Crippen molar-refractivity contribution in [2.75, 3.05) is 4.90 Å². The Morgan fingerprint density at radius 3 is 1.54 bits per heavy atom. The molecule has 0 atom stereocenters. The molecular formula is C54H33NO2. The van der Waals surface area contributed by atoms with E-state index in [1.54, 1.807) is 0 Å². The van der Waals surface area contributed by atoms with Gasteiger partial charge in [-0.1, -0.05) is 146 Å². The number of furan rings is 2. The highest BCUT2D eigenvalue weighted by molar-refractivity contribution is 6.36. The predicted octanol–water partition coefficient (Wildman–Crippen LogP) is 15.7. The van der Waals surface area contributed by atoms with E-state index in [-0.39, 0.29) is 0 Å². The summed E-state index contributed by atoms with van der Waals surface area (Å²) in [5.74, 6) is 0. The number of nitrogens with zero attached hydrogens (tertiary/aromatic N) is 1. The smallest absolute Gasteiger partial charge is 0.143 e. The molecule has 0 saturated heterocycles. The maximum absolute atomic E-state index is 6.46. The molecule has 0 radical (unpaired) electrons. The third-order valence-corrected chi connectivity index (χ3v) is 11.7. The Labute approximate surface area is 328 Å². The Balaban J connectivity index is 1.10. The molecule has 0 spiro atoms.